The van der Waals surface area contributed by atoms with Gasteiger partial charge in [0.2, 0.25) is 10.0 Å². The molecule has 0 heterocycles. The van der Waals surface area contributed by atoms with Crippen LogP contribution in [0.25, 0.3) is 0 Å². The molecule has 0 fully saturated rings. The summed E-state index contributed by atoms with van der Waals surface area (Å²) < 4.78 is 49.4. The molecule has 0 atom stereocenters. The summed E-state index contributed by atoms with van der Waals surface area (Å²) in [5, 5.41) is 0. The van der Waals surface area contributed by atoms with E-state index in [1.165, 1.54) is 12.1 Å². The molecule has 0 aliphatic heterocycles. The minimum atomic E-state index is -3.81. The Morgan fingerprint density at radius 2 is 1.79 bits per heavy atom. The fourth-order valence-electron chi connectivity index (χ4n) is 1.33. The standard InChI is InChI=1S/C11H18N2O4S2/c1-8(2)7-13-19(16,17)11-6-9(18(3,14)15)4-5-10(11)12/h4-6,8,13H,7,12H2,1-3H3. The predicted molar refractivity (Wildman–Crippen MR) is 74.0 cm³/mol. The maximum Gasteiger partial charge on any atom is 0.242 e. The number of anilines is 1. The van der Waals surface area contributed by atoms with Crippen molar-refractivity contribution in [2.24, 2.45) is 5.92 Å². The molecule has 0 spiro atoms. The van der Waals surface area contributed by atoms with E-state index >= 15 is 0 Å². The van der Waals surface area contributed by atoms with E-state index in [0.717, 1.165) is 12.3 Å². The first-order valence-electron chi connectivity index (χ1n) is 5.63. The van der Waals surface area contributed by atoms with Gasteiger partial charge in [-0.05, 0) is 24.1 Å². The summed E-state index contributed by atoms with van der Waals surface area (Å²) >= 11 is 0. The number of nitrogens with two attached hydrogens (primary N) is 1. The second-order valence-electron chi connectivity index (χ2n) is 4.72. The van der Waals surface area contributed by atoms with Crippen LogP contribution in [0, 0.1) is 5.92 Å². The number of nitrogens with one attached hydrogen (secondary N) is 1. The maximum absolute atomic E-state index is 12.1. The van der Waals surface area contributed by atoms with Crippen molar-refractivity contribution in [1.29, 1.82) is 0 Å². The minimum Gasteiger partial charge on any atom is -0.398 e. The molecule has 1 rings (SSSR count). The molecular formula is C11H18N2O4S2. The summed E-state index contributed by atoms with van der Waals surface area (Å²) in [4.78, 5) is -0.289. The van der Waals surface area contributed by atoms with Crippen LogP contribution in [0.2, 0.25) is 0 Å². The Balaban J connectivity index is 3.27. The molecule has 0 saturated carbocycles. The number of sulfone groups is 1. The van der Waals surface area contributed by atoms with Crippen LogP contribution in [-0.2, 0) is 19.9 Å². The van der Waals surface area contributed by atoms with Gasteiger partial charge >= 0.3 is 0 Å². The molecule has 6 nitrogen and oxygen atoms in total. The largest absolute Gasteiger partial charge is 0.398 e. The summed E-state index contributed by atoms with van der Waals surface area (Å²) in [6.07, 6.45) is 1.01. The molecule has 108 valence electrons. The van der Waals surface area contributed by atoms with E-state index in [4.69, 9.17) is 5.73 Å². The van der Waals surface area contributed by atoms with Crippen LogP contribution in [0.15, 0.2) is 28.0 Å². The quantitative estimate of drug-likeness (QED) is 0.775. The molecule has 0 amide bonds. The molecule has 3 N–H and O–H groups in total. The lowest BCUT2D eigenvalue weighted by molar-refractivity contribution is 0.560. The Hall–Kier alpha value is -1.12. The summed E-state index contributed by atoms with van der Waals surface area (Å²) in [7, 11) is -7.29. The second-order valence-corrected chi connectivity index (χ2v) is 8.47. The van der Waals surface area contributed by atoms with Crippen molar-refractivity contribution in [3.05, 3.63) is 18.2 Å². The number of hydrogen-bond acceptors (Lipinski definition) is 5. The van der Waals surface area contributed by atoms with Crippen LogP contribution in [0.4, 0.5) is 5.69 Å². The molecule has 0 aliphatic rings. The van der Waals surface area contributed by atoms with E-state index in [9.17, 15) is 16.8 Å². The van der Waals surface area contributed by atoms with Crippen molar-refractivity contribution >= 4 is 25.5 Å². The summed E-state index contributed by atoms with van der Waals surface area (Å²) in [5.41, 5.74) is 5.63. The van der Waals surface area contributed by atoms with Crippen LogP contribution in [0.5, 0.6) is 0 Å². The van der Waals surface area contributed by atoms with Crippen molar-refractivity contribution in [2.45, 2.75) is 23.6 Å². The summed E-state index contributed by atoms with van der Waals surface area (Å²) in [6, 6.07) is 3.64. The Morgan fingerprint density at radius 1 is 1.21 bits per heavy atom. The normalized spacial score (nSPS) is 12.8. The zero-order valence-corrected chi connectivity index (χ0v) is 12.7. The minimum absolute atomic E-state index is 0.0173. The van der Waals surface area contributed by atoms with Crippen LogP contribution in [0.1, 0.15) is 13.8 Å². The van der Waals surface area contributed by atoms with Crippen LogP contribution < -0.4 is 10.5 Å². The fraction of sp³-hybridized carbons (Fsp3) is 0.455. The van der Waals surface area contributed by atoms with Crippen LogP contribution in [-0.4, -0.2) is 29.6 Å². The van der Waals surface area contributed by atoms with Crippen LogP contribution in [0.3, 0.4) is 0 Å². The molecule has 0 bridgehead atoms. The fourth-order valence-corrected chi connectivity index (χ4v) is 3.42. The van der Waals surface area contributed by atoms with Crippen molar-refractivity contribution in [2.75, 3.05) is 18.5 Å². The lowest BCUT2D eigenvalue weighted by Crippen LogP contribution is -2.28. The number of sulfonamides is 1. The third-order valence-corrected chi connectivity index (χ3v) is 4.97. The first-order valence-corrected chi connectivity index (χ1v) is 9.01. The summed E-state index contributed by atoms with van der Waals surface area (Å²) in [5.74, 6) is 0.133. The van der Waals surface area contributed by atoms with E-state index < -0.39 is 19.9 Å². The number of nitrogen functional groups attached to an aromatic ring is 1. The molecule has 0 unspecified atom stereocenters. The van der Waals surface area contributed by atoms with E-state index in [0.29, 0.717) is 0 Å². The van der Waals surface area contributed by atoms with Gasteiger partial charge in [0.1, 0.15) is 4.90 Å². The van der Waals surface area contributed by atoms with Gasteiger partial charge in [-0.2, -0.15) is 0 Å². The summed E-state index contributed by atoms with van der Waals surface area (Å²) in [6.45, 7) is 3.97. The highest BCUT2D eigenvalue weighted by molar-refractivity contribution is 7.91. The smallest absolute Gasteiger partial charge is 0.242 e. The molecule has 19 heavy (non-hydrogen) atoms. The highest BCUT2D eigenvalue weighted by Crippen LogP contribution is 2.22. The maximum atomic E-state index is 12.1. The van der Waals surface area contributed by atoms with Gasteiger partial charge in [0.15, 0.2) is 9.84 Å². The third-order valence-electron chi connectivity index (χ3n) is 2.38. The van der Waals surface area contributed by atoms with Gasteiger partial charge in [-0.25, -0.2) is 21.6 Å². The highest BCUT2D eigenvalue weighted by Gasteiger charge is 2.20. The van der Waals surface area contributed by atoms with E-state index in [1.807, 2.05) is 13.8 Å². The van der Waals surface area contributed by atoms with Gasteiger partial charge in [0, 0.05) is 12.8 Å². The zero-order valence-electron chi connectivity index (χ0n) is 11.0. The van der Waals surface area contributed by atoms with E-state index in [2.05, 4.69) is 4.72 Å². The van der Waals surface area contributed by atoms with Gasteiger partial charge < -0.3 is 5.73 Å². The van der Waals surface area contributed by atoms with Gasteiger partial charge in [0.05, 0.1) is 10.6 Å². The lowest BCUT2D eigenvalue weighted by atomic mass is 10.2. The van der Waals surface area contributed by atoms with Gasteiger partial charge in [0.25, 0.3) is 0 Å². The van der Waals surface area contributed by atoms with Gasteiger partial charge in [-0.3, -0.25) is 0 Å². The van der Waals surface area contributed by atoms with Crippen molar-refractivity contribution in [3.8, 4) is 0 Å². The topological polar surface area (TPSA) is 106 Å². The zero-order chi connectivity index (χ0) is 14.8. The highest BCUT2D eigenvalue weighted by atomic mass is 32.2. The Morgan fingerprint density at radius 3 is 2.26 bits per heavy atom. The molecule has 1 aromatic carbocycles. The third kappa shape index (κ3) is 4.19. The first kappa shape index (κ1) is 15.9. The molecule has 8 heteroatoms. The molecule has 0 aliphatic carbocycles. The van der Waals surface area contributed by atoms with E-state index in [-0.39, 0.29) is 27.9 Å². The average Bonchev–Trinajstić information content (AvgIpc) is 2.25. The first-order chi connectivity index (χ1) is 8.54. The molecule has 1 aromatic rings. The van der Waals surface area contributed by atoms with Crippen molar-refractivity contribution in [3.63, 3.8) is 0 Å². The molecule has 0 aromatic heterocycles. The number of hydrogen-bond donors (Lipinski definition) is 2. The monoisotopic (exact) mass is 306 g/mol. The van der Waals surface area contributed by atoms with Gasteiger partial charge in [-0.15, -0.1) is 0 Å². The lowest BCUT2D eigenvalue weighted by Gasteiger charge is -2.11. The second kappa shape index (κ2) is 5.48. The average molecular weight is 306 g/mol. The molecule has 0 saturated heterocycles. The SMILES string of the molecule is CC(C)CNS(=O)(=O)c1cc(S(C)(=O)=O)ccc1N. The van der Waals surface area contributed by atoms with Gasteiger partial charge in [-0.1, -0.05) is 13.8 Å². The Labute approximate surface area is 114 Å². The van der Waals surface area contributed by atoms with Crippen molar-refractivity contribution < 1.29 is 16.8 Å². The number of rotatable bonds is 5. The van der Waals surface area contributed by atoms with Crippen molar-refractivity contribution in [1.82, 2.24) is 4.72 Å². The predicted octanol–water partition coefficient (Wildman–Crippen LogP) is 0.607. The Bertz CT molecular complexity index is 664. The van der Waals surface area contributed by atoms with Crippen LogP contribution >= 0.6 is 0 Å². The van der Waals surface area contributed by atoms with E-state index in [1.54, 1.807) is 0 Å². The molecular weight excluding hydrogens is 288 g/mol. The number of benzene rings is 1. The molecule has 0 radical (unpaired) electrons. The Kier molecular flexibility index (Phi) is 4.59.